The van der Waals surface area contributed by atoms with E-state index in [2.05, 4.69) is 5.43 Å². The Hall–Kier alpha value is -6.64. The number of nitrogens with one attached hydrogen (secondary N) is 1. The van der Waals surface area contributed by atoms with Crippen molar-refractivity contribution in [3.05, 3.63) is 143 Å². The van der Waals surface area contributed by atoms with E-state index in [-0.39, 0.29) is 39.8 Å². The smallest absolute Gasteiger partial charge is 0.413 e. The van der Waals surface area contributed by atoms with Gasteiger partial charge in [-0.05, 0) is 88.5 Å². The lowest BCUT2D eigenvalue weighted by molar-refractivity contribution is 0.0291. The fourth-order valence-corrected chi connectivity index (χ4v) is 5.96. The Morgan fingerprint density at radius 3 is 1.08 bits per heavy atom. The fourth-order valence-electron chi connectivity index (χ4n) is 5.96. The van der Waals surface area contributed by atoms with Gasteiger partial charge in [-0.1, -0.05) is 48.5 Å². The van der Waals surface area contributed by atoms with Gasteiger partial charge in [-0.3, -0.25) is 20.2 Å². The predicted molar refractivity (Wildman–Crippen MR) is 221 cm³/mol. The van der Waals surface area contributed by atoms with Crippen molar-refractivity contribution in [3.8, 4) is 34.5 Å². The van der Waals surface area contributed by atoms with Gasteiger partial charge in [0.2, 0.25) is 13.6 Å². The van der Waals surface area contributed by atoms with Crippen LogP contribution in [0, 0.1) is 0 Å². The van der Waals surface area contributed by atoms with E-state index < -0.39 is 12.2 Å². The molecule has 0 saturated carbocycles. The lowest BCUT2D eigenvalue weighted by Gasteiger charge is -2.23. The SMILES string of the molecule is COc1cccc(CN(Cc2cccc(OC)c2)C(=O)OCOc2cc(CNN(C)C)cc(OCOC(=O)N(Cc3cccc(OC)c3)Cc3cccc(OC)c3)c2)c1. The number of carbonyl (C=O) groups excluding carboxylic acids is 2. The van der Waals surface area contributed by atoms with Gasteiger partial charge in [-0.25, -0.2) is 9.59 Å². The zero-order valence-electron chi connectivity index (χ0n) is 34.3. The molecule has 0 heterocycles. The summed E-state index contributed by atoms with van der Waals surface area (Å²) in [5.41, 5.74) is 7.46. The summed E-state index contributed by atoms with van der Waals surface area (Å²) in [6.07, 6.45) is -1.17. The number of ether oxygens (including phenoxy) is 8. The van der Waals surface area contributed by atoms with E-state index in [1.54, 1.807) is 56.4 Å². The minimum Gasteiger partial charge on any atom is -0.497 e. The van der Waals surface area contributed by atoms with Crippen LogP contribution in [0.2, 0.25) is 0 Å². The number of methoxy groups -OCH3 is 4. The number of hydrogen-bond donors (Lipinski definition) is 1. The first kappa shape index (κ1) is 43.5. The summed E-state index contributed by atoms with van der Waals surface area (Å²) in [4.78, 5) is 30.3. The summed E-state index contributed by atoms with van der Waals surface area (Å²) in [5, 5.41) is 1.82. The molecule has 59 heavy (non-hydrogen) atoms. The normalized spacial score (nSPS) is 10.7. The highest BCUT2D eigenvalue weighted by Crippen LogP contribution is 2.25. The Labute approximate surface area is 345 Å². The molecule has 14 heteroatoms. The van der Waals surface area contributed by atoms with Gasteiger partial charge in [0.1, 0.15) is 34.5 Å². The molecule has 2 amide bonds. The van der Waals surface area contributed by atoms with Crippen LogP contribution in [-0.2, 0) is 42.2 Å². The summed E-state index contributed by atoms with van der Waals surface area (Å²) < 4.78 is 44.8. The molecule has 5 rings (SSSR count). The first-order chi connectivity index (χ1) is 28.6. The summed E-state index contributed by atoms with van der Waals surface area (Å²) in [6, 6.07) is 35.2. The average molecular weight is 809 g/mol. The third-order valence-corrected chi connectivity index (χ3v) is 8.90. The third-order valence-electron chi connectivity index (χ3n) is 8.90. The van der Waals surface area contributed by atoms with Crippen LogP contribution < -0.4 is 33.8 Å². The van der Waals surface area contributed by atoms with E-state index in [9.17, 15) is 9.59 Å². The summed E-state index contributed by atoms with van der Waals surface area (Å²) >= 11 is 0. The number of benzene rings is 5. The summed E-state index contributed by atoms with van der Waals surface area (Å²) in [5.74, 6) is 3.46. The number of nitrogens with zero attached hydrogens (tertiary/aromatic N) is 3. The van der Waals surface area contributed by atoms with Crippen LogP contribution in [0.1, 0.15) is 27.8 Å². The van der Waals surface area contributed by atoms with Gasteiger partial charge < -0.3 is 37.9 Å². The number of amides is 2. The van der Waals surface area contributed by atoms with Crippen molar-refractivity contribution in [2.75, 3.05) is 56.1 Å². The zero-order chi connectivity index (χ0) is 42.0. The molecule has 0 atom stereocenters. The Balaban J connectivity index is 1.26. The van der Waals surface area contributed by atoms with Crippen molar-refractivity contribution in [3.63, 3.8) is 0 Å². The molecule has 1 N–H and O–H groups in total. The highest BCUT2D eigenvalue weighted by atomic mass is 16.7. The maximum atomic E-state index is 13.6. The highest BCUT2D eigenvalue weighted by molar-refractivity contribution is 5.68. The van der Waals surface area contributed by atoms with Gasteiger partial charge in [-0.15, -0.1) is 0 Å². The molecule has 0 aliphatic rings. The minimum atomic E-state index is -0.586. The van der Waals surface area contributed by atoms with Crippen LogP contribution in [0.25, 0.3) is 0 Å². The van der Waals surface area contributed by atoms with Crippen LogP contribution in [0.4, 0.5) is 9.59 Å². The zero-order valence-corrected chi connectivity index (χ0v) is 34.3. The largest absolute Gasteiger partial charge is 0.497 e. The van der Waals surface area contributed by atoms with Crippen LogP contribution in [0.3, 0.4) is 0 Å². The Bertz CT molecular complexity index is 1880. The first-order valence-electron chi connectivity index (χ1n) is 18.8. The molecule has 0 unspecified atom stereocenters. The van der Waals surface area contributed by atoms with E-state index in [0.717, 1.165) is 27.8 Å². The number of hydrogen-bond acceptors (Lipinski definition) is 12. The number of carbonyl (C=O) groups is 2. The minimum absolute atomic E-state index is 0.256. The molecule has 0 radical (unpaired) electrons. The second kappa shape index (κ2) is 22.3. The van der Waals surface area contributed by atoms with Crippen molar-refractivity contribution in [2.45, 2.75) is 32.7 Å². The molecule has 14 nitrogen and oxygen atoms in total. The maximum Gasteiger partial charge on any atom is 0.413 e. The monoisotopic (exact) mass is 808 g/mol. The third kappa shape index (κ3) is 14.1. The highest BCUT2D eigenvalue weighted by Gasteiger charge is 2.20. The molecule has 312 valence electrons. The molecular weight excluding hydrogens is 757 g/mol. The standard InChI is InChI=1S/C45H52N4O10/c1-47(2)46-26-37-23-42(56-31-58-44(50)48(27-33-11-7-15-38(19-33)52-3)28-34-12-8-16-39(20-34)53-4)25-43(24-37)57-32-59-45(51)49(29-35-13-9-17-40(21-35)54-5)30-36-14-10-18-41(22-36)55-6/h7-25,46H,26-32H2,1-6H3. The number of rotatable bonds is 21. The quantitative estimate of drug-likeness (QED) is 0.0578. The van der Waals surface area contributed by atoms with Crippen LogP contribution in [0.15, 0.2) is 115 Å². The Morgan fingerprint density at radius 2 is 0.780 bits per heavy atom. The van der Waals surface area contributed by atoms with E-state index in [1.807, 2.05) is 116 Å². The van der Waals surface area contributed by atoms with Gasteiger partial charge in [0.15, 0.2) is 0 Å². The van der Waals surface area contributed by atoms with Gasteiger partial charge in [0.05, 0.1) is 28.4 Å². The Morgan fingerprint density at radius 1 is 0.458 bits per heavy atom. The predicted octanol–water partition coefficient (Wildman–Crippen LogP) is 7.64. The van der Waals surface area contributed by atoms with Crippen LogP contribution in [-0.4, -0.2) is 83.1 Å². The van der Waals surface area contributed by atoms with Crippen LogP contribution in [0.5, 0.6) is 34.5 Å². The molecule has 0 aliphatic carbocycles. The lowest BCUT2D eigenvalue weighted by Crippen LogP contribution is -2.32. The van der Waals surface area contributed by atoms with Gasteiger partial charge in [-0.2, -0.15) is 0 Å². The molecule has 0 aliphatic heterocycles. The molecular formula is C45H52N4O10. The average Bonchev–Trinajstić information content (AvgIpc) is 3.25. The molecule has 0 bridgehead atoms. The molecule has 0 aromatic heterocycles. The van der Waals surface area contributed by atoms with E-state index in [4.69, 9.17) is 37.9 Å². The number of hydrazine groups is 1. The second-order valence-corrected chi connectivity index (χ2v) is 13.5. The molecule has 5 aromatic carbocycles. The summed E-state index contributed by atoms with van der Waals surface area (Å²) in [6.45, 7) is 0.697. The van der Waals surface area contributed by atoms with E-state index >= 15 is 0 Å². The van der Waals surface area contributed by atoms with Crippen molar-refractivity contribution in [1.29, 1.82) is 0 Å². The van der Waals surface area contributed by atoms with E-state index in [0.29, 0.717) is 41.0 Å². The lowest BCUT2D eigenvalue weighted by atomic mass is 10.1. The first-order valence-corrected chi connectivity index (χ1v) is 18.8. The second-order valence-electron chi connectivity index (χ2n) is 13.5. The van der Waals surface area contributed by atoms with Crippen molar-refractivity contribution < 1.29 is 47.5 Å². The maximum absolute atomic E-state index is 13.6. The molecule has 0 saturated heterocycles. The summed E-state index contributed by atoms with van der Waals surface area (Å²) in [7, 11) is 10.1. The van der Waals surface area contributed by atoms with E-state index in [1.165, 1.54) is 0 Å². The molecule has 0 fully saturated rings. The van der Waals surface area contributed by atoms with Gasteiger partial charge in [0, 0.05) is 52.9 Å². The topological polar surface area (TPSA) is 130 Å². The van der Waals surface area contributed by atoms with Crippen LogP contribution >= 0.6 is 0 Å². The molecule has 0 spiro atoms. The fraction of sp³-hybridized carbons (Fsp3) is 0.289. The van der Waals surface area contributed by atoms with Crippen molar-refractivity contribution in [2.24, 2.45) is 0 Å². The van der Waals surface area contributed by atoms with Crippen molar-refractivity contribution >= 4 is 12.2 Å². The van der Waals surface area contributed by atoms with Gasteiger partial charge in [0.25, 0.3) is 0 Å². The van der Waals surface area contributed by atoms with Crippen molar-refractivity contribution in [1.82, 2.24) is 20.2 Å². The van der Waals surface area contributed by atoms with Gasteiger partial charge >= 0.3 is 12.2 Å². The molecule has 5 aromatic rings. The Kier molecular flexibility index (Phi) is 16.5.